The number of carbonyl (C=O) groups is 2. The number of hydrogen-bond donors (Lipinski definition) is 2. The predicted molar refractivity (Wildman–Crippen MR) is 137 cm³/mol. The quantitative estimate of drug-likeness (QED) is 0.412. The largest absolute Gasteiger partial charge is 0.493 e. The van der Waals surface area contributed by atoms with Gasteiger partial charge < -0.3 is 19.8 Å². The number of rotatable bonds is 14. The van der Waals surface area contributed by atoms with Gasteiger partial charge in [-0.1, -0.05) is 52.2 Å². The molecular formula is C28H44N2O5. The van der Waals surface area contributed by atoms with Gasteiger partial charge >= 0.3 is 5.97 Å². The fourth-order valence-corrected chi connectivity index (χ4v) is 5.83. The Hall–Kier alpha value is -2.12. The van der Waals surface area contributed by atoms with Crippen molar-refractivity contribution in [2.75, 3.05) is 39.4 Å². The molecule has 0 aromatic heterocycles. The van der Waals surface area contributed by atoms with Gasteiger partial charge in [-0.15, -0.1) is 0 Å². The highest BCUT2D eigenvalue weighted by Gasteiger charge is 2.47. The van der Waals surface area contributed by atoms with Crippen molar-refractivity contribution in [3.8, 4) is 5.75 Å². The third-order valence-electron chi connectivity index (χ3n) is 7.66. The van der Waals surface area contributed by atoms with Gasteiger partial charge in [0, 0.05) is 44.6 Å². The molecule has 0 spiro atoms. The standard InChI is InChI=1S/C28H44N2O5/c1-4-6-12-29(13-7-14-31)26(32)19-30-18-23(21-9-10-25-22(17-21)11-15-35-25)27(28(33)34)24(30)16-20(3)8-5-2/h9-10,17,20,23-24,27,31H,4-8,11-16,18-19H2,1-3H3,(H,33,34)/t20?,23-,24+,27-/m1/s1. The monoisotopic (exact) mass is 488 g/mol. The molecule has 1 amide bonds. The second kappa shape index (κ2) is 13.3. The molecule has 0 bridgehead atoms. The minimum atomic E-state index is -0.779. The Morgan fingerprint density at radius 3 is 2.66 bits per heavy atom. The molecule has 2 aliphatic heterocycles. The first-order valence-corrected chi connectivity index (χ1v) is 13.5. The van der Waals surface area contributed by atoms with E-state index in [1.165, 1.54) is 0 Å². The smallest absolute Gasteiger partial charge is 0.308 e. The van der Waals surface area contributed by atoms with Crippen LogP contribution in [0.4, 0.5) is 0 Å². The molecule has 1 aromatic carbocycles. The molecule has 1 aromatic rings. The normalized spacial score (nSPS) is 22.6. The second-order valence-corrected chi connectivity index (χ2v) is 10.4. The van der Waals surface area contributed by atoms with E-state index in [2.05, 4.69) is 31.7 Å². The van der Waals surface area contributed by atoms with Crippen molar-refractivity contribution in [1.82, 2.24) is 9.80 Å². The second-order valence-electron chi connectivity index (χ2n) is 10.4. The fraction of sp³-hybridized carbons (Fsp3) is 0.714. The van der Waals surface area contributed by atoms with Crippen LogP contribution in [0.1, 0.15) is 76.3 Å². The molecule has 7 heteroatoms. The van der Waals surface area contributed by atoms with E-state index in [1.54, 1.807) is 0 Å². The lowest BCUT2D eigenvalue weighted by molar-refractivity contribution is -0.144. The van der Waals surface area contributed by atoms with Crippen molar-refractivity contribution in [3.63, 3.8) is 0 Å². The molecule has 0 saturated carbocycles. The lowest BCUT2D eigenvalue weighted by Gasteiger charge is -2.31. The summed E-state index contributed by atoms with van der Waals surface area (Å²) in [5.41, 5.74) is 2.18. The number of benzene rings is 1. The summed E-state index contributed by atoms with van der Waals surface area (Å²) < 4.78 is 5.66. The molecule has 1 fully saturated rings. The van der Waals surface area contributed by atoms with Crippen LogP contribution in [0.5, 0.6) is 5.75 Å². The Balaban J connectivity index is 1.86. The van der Waals surface area contributed by atoms with Crippen LogP contribution in [0.15, 0.2) is 18.2 Å². The first-order chi connectivity index (χ1) is 16.9. The first-order valence-electron chi connectivity index (χ1n) is 13.5. The summed E-state index contributed by atoms with van der Waals surface area (Å²) >= 11 is 0. The highest BCUT2D eigenvalue weighted by atomic mass is 16.5. The van der Waals surface area contributed by atoms with Crippen LogP contribution in [0.2, 0.25) is 0 Å². The molecule has 4 atom stereocenters. The van der Waals surface area contributed by atoms with Crippen molar-refractivity contribution < 1.29 is 24.5 Å². The molecule has 1 unspecified atom stereocenters. The number of carboxylic acid groups (broad SMARTS) is 1. The van der Waals surface area contributed by atoms with Gasteiger partial charge in [-0.25, -0.2) is 0 Å². The zero-order chi connectivity index (χ0) is 25.4. The average molecular weight is 489 g/mol. The summed E-state index contributed by atoms with van der Waals surface area (Å²) in [6.07, 6.45) is 6.21. The van der Waals surface area contributed by atoms with Gasteiger partial charge in [0.15, 0.2) is 0 Å². The first kappa shape index (κ1) is 27.5. The van der Waals surface area contributed by atoms with E-state index in [4.69, 9.17) is 4.74 Å². The average Bonchev–Trinajstić information content (AvgIpc) is 3.43. The van der Waals surface area contributed by atoms with Crippen molar-refractivity contribution in [3.05, 3.63) is 29.3 Å². The van der Waals surface area contributed by atoms with Gasteiger partial charge in [-0.05, 0) is 42.4 Å². The number of aliphatic hydroxyl groups excluding tert-OH is 1. The van der Waals surface area contributed by atoms with Gasteiger partial charge in [0.2, 0.25) is 5.91 Å². The molecule has 0 aliphatic carbocycles. The van der Waals surface area contributed by atoms with E-state index in [0.29, 0.717) is 38.6 Å². The molecule has 1 saturated heterocycles. The van der Waals surface area contributed by atoms with E-state index in [9.17, 15) is 19.8 Å². The molecule has 196 valence electrons. The molecular weight excluding hydrogens is 444 g/mol. The Kier molecular flexibility index (Phi) is 10.4. The van der Waals surface area contributed by atoms with Crippen molar-refractivity contribution in [2.24, 2.45) is 11.8 Å². The number of aliphatic hydroxyl groups is 1. The van der Waals surface area contributed by atoms with E-state index in [0.717, 1.165) is 55.4 Å². The number of hydrogen-bond acceptors (Lipinski definition) is 5. The Bertz CT molecular complexity index is 837. The number of unbranched alkanes of at least 4 members (excludes halogenated alkanes) is 1. The summed E-state index contributed by atoms with van der Waals surface area (Å²) in [6.45, 7) is 9.19. The minimum absolute atomic E-state index is 0.0344. The SMILES string of the molecule is CCCCN(CCCO)C(=O)CN1C[C@H](c2ccc3c(c2)CCO3)[C@@H](C(=O)O)[C@@H]1CC(C)CCC. The number of carbonyl (C=O) groups excluding carboxylic acids is 1. The number of carboxylic acids is 1. The third kappa shape index (κ3) is 6.98. The van der Waals surface area contributed by atoms with Crippen LogP contribution < -0.4 is 4.74 Å². The van der Waals surface area contributed by atoms with E-state index in [1.807, 2.05) is 17.0 Å². The molecule has 2 heterocycles. The summed E-state index contributed by atoms with van der Waals surface area (Å²) in [5, 5.41) is 19.7. The maximum Gasteiger partial charge on any atom is 0.308 e. The fourth-order valence-electron chi connectivity index (χ4n) is 5.83. The minimum Gasteiger partial charge on any atom is -0.493 e. The Labute approximate surface area is 210 Å². The predicted octanol–water partition coefficient (Wildman–Crippen LogP) is 3.93. The van der Waals surface area contributed by atoms with Crippen LogP contribution >= 0.6 is 0 Å². The van der Waals surface area contributed by atoms with Crippen LogP contribution in [-0.2, 0) is 16.0 Å². The molecule has 0 radical (unpaired) electrons. The van der Waals surface area contributed by atoms with E-state index >= 15 is 0 Å². The van der Waals surface area contributed by atoms with Gasteiger partial charge in [0.1, 0.15) is 5.75 Å². The zero-order valence-corrected chi connectivity index (χ0v) is 21.7. The molecule has 7 nitrogen and oxygen atoms in total. The van der Waals surface area contributed by atoms with Gasteiger partial charge in [0.05, 0.1) is 19.1 Å². The van der Waals surface area contributed by atoms with Gasteiger partial charge in [-0.3, -0.25) is 14.5 Å². The molecule has 3 rings (SSSR count). The van der Waals surface area contributed by atoms with Gasteiger partial charge in [0.25, 0.3) is 0 Å². The lowest BCUT2D eigenvalue weighted by atomic mass is 9.81. The maximum absolute atomic E-state index is 13.4. The van der Waals surface area contributed by atoms with Gasteiger partial charge in [-0.2, -0.15) is 0 Å². The highest BCUT2D eigenvalue weighted by Crippen LogP contribution is 2.42. The number of amides is 1. The molecule has 2 N–H and O–H groups in total. The van der Waals surface area contributed by atoms with Crippen LogP contribution in [-0.4, -0.2) is 77.3 Å². The Morgan fingerprint density at radius 2 is 1.97 bits per heavy atom. The van der Waals surface area contributed by atoms with Crippen molar-refractivity contribution in [2.45, 2.75) is 77.7 Å². The zero-order valence-electron chi connectivity index (χ0n) is 21.7. The third-order valence-corrected chi connectivity index (χ3v) is 7.66. The number of likely N-dealkylation sites (tertiary alicyclic amines) is 1. The highest BCUT2D eigenvalue weighted by molar-refractivity contribution is 5.79. The lowest BCUT2D eigenvalue weighted by Crippen LogP contribution is -2.45. The number of fused-ring (bicyclic) bond motifs is 1. The maximum atomic E-state index is 13.4. The van der Waals surface area contributed by atoms with E-state index < -0.39 is 11.9 Å². The summed E-state index contributed by atoms with van der Waals surface area (Å²) in [4.78, 5) is 30.0. The van der Waals surface area contributed by atoms with Crippen LogP contribution in [0.3, 0.4) is 0 Å². The molecule has 35 heavy (non-hydrogen) atoms. The van der Waals surface area contributed by atoms with Crippen LogP contribution in [0.25, 0.3) is 0 Å². The number of ether oxygens (including phenoxy) is 1. The van der Waals surface area contributed by atoms with Crippen LogP contribution in [0, 0.1) is 11.8 Å². The van der Waals surface area contributed by atoms with Crippen molar-refractivity contribution in [1.29, 1.82) is 0 Å². The number of nitrogens with zero attached hydrogens (tertiary/aromatic N) is 2. The van der Waals surface area contributed by atoms with Crippen molar-refractivity contribution >= 4 is 11.9 Å². The topological polar surface area (TPSA) is 90.3 Å². The van der Waals surface area contributed by atoms with E-state index in [-0.39, 0.29) is 31.0 Å². The Morgan fingerprint density at radius 1 is 1.20 bits per heavy atom. The number of aliphatic carboxylic acids is 1. The summed E-state index contributed by atoms with van der Waals surface area (Å²) in [7, 11) is 0. The molecule has 2 aliphatic rings. The summed E-state index contributed by atoms with van der Waals surface area (Å²) in [6, 6.07) is 5.92. The summed E-state index contributed by atoms with van der Waals surface area (Å²) in [5.74, 6) is -0.169.